The van der Waals surface area contributed by atoms with Crippen molar-refractivity contribution in [2.45, 2.75) is 37.2 Å². The second-order valence-corrected chi connectivity index (χ2v) is 8.45. The first-order chi connectivity index (χ1) is 13.5. The number of hydrogen-bond acceptors (Lipinski definition) is 6. The number of nitrogens with one attached hydrogen (secondary N) is 1. The predicted octanol–water partition coefficient (Wildman–Crippen LogP) is 1.63. The number of hydrogen-bond donors (Lipinski definition) is 1. The highest BCUT2D eigenvalue weighted by atomic mass is 32.2. The quantitative estimate of drug-likeness (QED) is 0.785. The Balaban J connectivity index is 1.87. The van der Waals surface area contributed by atoms with Crippen molar-refractivity contribution in [2.75, 3.05) is 13.1 Å². The molecule has 0 radical (unpaired) electrons. The van der Waals surface area contributed by atoms with Crippen LogP contribution in [0.1, 0.15) is 24.3 Å². The molecule has 1 saturated heterocycles. The lowest BCUT2D eigenvalue weighted by molar-refractivity contribution is -0.275. The molecule has 29 heavy (non-hydrogen) atoms. The first-order valence-electron chi connectivity index (χ1n) is 8.54. The topological polar surface area (TPSA) is 108 Å². The van der Waals surface area contributed by atoms with Crippen molar-refractivity contribution in [3.63, 3.8) is 0 Å². The molecule has 13 heteroatoms. The van der Waals surface area contributed by atoms with Gasteiger partial charge in [-0.1, -0.05) is 17.3 Å². The van der Waals surface area contributed by atoms with E-state index in [1.807, 2.05) is 0 Å². The smallest absolute Gasteiger partial charge is 0.404 e. The molecule has 1 aliphatic rings. The Bertz CT molecular complexity index is 981. The number of aromatic amines is 1. The van der Waals surface area contributed by atoms with Gasteiger partial charge in [0.2, 0.25) is 10.0 Å². The number of halogens is 3. The Morgan fingerprint density at radius 2 is 1.90 bits per heavy atom. The third-order valence-electron chi connectivity index (χ3n) is 4.50. The van der Waals surface area contributed by atoms with Crippen molar-refractivity contribution >= 4 is 15.9 Å². The lowest BCUT2D eigenvalue weighted by atomic mass is 10.1. The van der Waals surface area contributed by atoms with Crippen LogP contribution >= 0.6 is 0 Å². The van der Waals surface area contributed by atoms with Crippen molar-refractivity contribution in [2.24, 2.45) is 0 Å². The molecule has 1 amide bonds. The van der Waals surface area contributed by atoms with E-state index in [2.05, 4.69) is 20.1 Å². The number of ether oxygens (including phenoxy) is 1. The number of carbonyl (C=O) groups is 1. The molecule has 0 spiro atoms. The average molecular weight is 433 g/mol. The van der Waals surface area contributed by atoms with Gasteiger partial charge in [0.25, 0.3) is 5.91 Å². The molecule has 1 fully saturated rings. The standard InChI is InChI=1S/C16H18F3N5O4S/c1-10-9-24(11(2)8-23(10)15(25)12-7-20-22-21-12)29(26,27)14-6-4-3-5-13(14)28-16(17,18)19/h3-7,10-11H,8-9H2,1-2H3,(H,20,21,22)/t10-,11+/m0/s1. The number of nitrogens with zero attached hydrogens (tertiary/aromatic N) is 4. The molecule has 0 aliphatic carbocycles. The van der Waals surface area contributed by atoms with Crippen LogP contribution in [0.5, 0.6) is 5.75 Å². The predicted molar refractivity (Wildman–Crippen MR) is 93.4 cm³/mol. The van der Waals surface area contributed by atoms with Crippen molar-refractivity contribution in [1.29, 1.82) is 0 Å². The van der Waals surface area contributed by atoms with Gasteiger partial charge in [0.05, 0.1) is 6.20 Å². The van der Waals surface area contributed by atoms with Gasteiger partial charge >= 0.3 is 6.36 Å². The van der Waals surface area contributed by atoms with E-state index < -0.39 is 45.0 Å². The summed E-state index contributed by atoms with van der Waals surface area (Å²) >= 11 is 0. The van der Waals surface area contributed by atoms with E-state index in [0.717, 1.165) is 16.4 Å². The molecule has 1 aromatic heterocycles. The molecule has 0 unspecified atom stereocenters. The largest absolute Gasteiger partial charge is 0.573 e. The van der Waals surface area contributed by atoms with Crippen LogP contribution in [0.3, 0.4) is 0 Å². The number of sulfonamides is 1. The van der Waals surface area contributed by atoms with Crippen molar-refractivity contribution in [3.8, 4) is 5.75 Å². The number of aromatic nitrogens is 3. The van der Waals surface area contributed by atoms with Crippen LogP contribution in [-0.4, -0.2) is 70.5 Å². The van der Waals surface area contributed by atoms with E-state index >= 15 is 0 Å². The van der Waals surface area contributed by atoms with Crippen molar-refractivity contribution < 1.29 is 31.1 Å². The Labute approximate surface area is 164 Å². The second-order valence-electron chi connectivity index (χ2n) is 6.59. The van der Waals surface area contributed by atoms with Gasteiger partial charge in [-0.15, -0.1) is 18.3 Å². The average Bonchev–Trinajstić information content (AvgIpc) is 3.16. The van der Waals surface area contributed by atoms with Gasteiger partial charge in [0, 0.05) is 25.2 Å². The Morgan fingerprint density at radius 1 is 1.21 bits per heavy atom. The number of amides is 1. The summed E-state index contributed by atoms with van der Waals surface area (Å²) in [7, 11) is -4.31. The summed E-state index contributed by atoms with van der Waals surface area (Å²) in [4.78, 5) is 13.4. The van der Waals surface area contributed by atoms with E-state index in [1.165, 1.54) is 23.2 Å². The number of H-pyrrole nitrogens is 1. The van der Waals surface area contributed by atoms with Crippen LogP contribution in [0.4, 0.5) is 13.2 Å². The number of rotatable bonds is 4. The van der Waals surface area contributed by atoms with Crippen molar-refractivity contribution in [1.82, 2.24) is 24.6 Å². The summed E-state index contributed by atoms with van der Waals surface area (Å²) in [6.07, 6.45) is -3.78. The minimum absolute atomic E-state index is 0.0422. The summed E-state index contributed by atoms with van der Waals surface area (Å²) in [6.45, 7) is 3.16. The fourth-order valence-corrected chi connectivity index (χ4v) is 4.99. The molecule has 0 bridgehead atoms. The van der Waals surface area contributed by atoms with E-state index in [0.29, 0.717) is 0 Å². The zero-order valence-corrected chi connectivity index (χ0v) is 16.2. The monoisotopic (exact) mass is 433 g/mol. The van der Waals surface area contributed by atoms with Gasteiger partial charge in [-0.25, -0.2) is 8.42 Å². The van der Waals surface area contributed by atoms with E-state index in [4.69, 9.17) is 0 Å². The first kappa shape index (κ1) is 21.0. The molecular formula is C16H18F3N5O4S. The SMILES string of the molecule is C[C@@H]1CN(C(=O)c2cnn[nH]2)[C@@H](C)CN1S(=O)(=O)c1ccccc1OC(F)(F)F. The molecule has 1 N–H and O–H groups in total. The van der Waals surface area contributed by atoms with E-state index in [1.54, 1.807) is 13.8 Å². The highest BCUT2D eigenvalue weighted by Gasteiger charge is 2.41. The normalized spacial score (nSPS) is 21.2. The number of para-hydroxylation sites is 1. The molecule has 3 rings (SSSR count). The molecule has 0 saturated carbocycles. The Morgan fingerprint density at radius 3 is 2.52 bits per heavy atom. The highest BCUT2D eigenvalue weighted by molar-refractivity contribution is 7.89. The molecular weight excluding hydrogens is 415 g/mol. The molecule has 2 aromatic rings. The fourth-order valence-electron chi connectivity index (χ4n) is 3.17. The fraction of sp³-hybridized carbons (Fsp3) is 0.438. The van der Waals surface area contributed by atoms with Crippen LogP contribution in [0.15, 0.2) is 35.4 Å². The van der Waals surface area contributed by atoms with Crippen LogP contribution in [-0.2, 0) is 10.0 Å². The number of alkyl halides is 3. The Kier molecular flexibility index (Phi) is 5.54. The van der Waals surface area contributed by atoms with Gasteiger partial charge in [0.15, 0.2) is 0 Å². The van der Waals surface area contributed by atoms with Gasteiger partial charge < -0.3 is 9.64 Å². The molecule has 2 atom stereocenters. The third kappa shape index (κ3) is 4.34. The van der Waals surface area contributed by atoms with E-state index in [-0.39, 0.29) is 18.8 Å². The van der Waals surface area contributed by atoms with Crippen molar-refractivity contribution in [3.05, 3.63) is 36.2 Å². The third-order valence-corrected chi connectivity index (χ3v) is 6.52. The van der Waals surface area contributed by atoms with Gasteiger partial charge in [-0.05, 0) is 26.0 Å². The molecule has 1 aliphatic heterocycles. The lowest BCUT2D eigenvalue weighted by Gasteiger charge is -2.43. The summed E-state index contributed by atoms with van der Waals surface area (Å²) in [5, 5.41) is 9.49. The maximum Gasteiger partial charge on any atom is 0.573 e. The second kappa shape index (κ2) is 7.63. The van der Waals surface area contributed by atoms with Crippen LogP contribution in [0.25, 0.3) is 0 Å². The molecule has 1 aromatic carbocycles. The summed E-state index contributed by atoms with van der Waals surface area (Å²) in [6, 6.07) is 3.35. The molecule has 9 nitrogen and oxygen atoms in total. The Hall–Kier alpha value is -2.67. The maximum atomic E-state index is 13.1. The maximum absolute atomic E-state index is 13.1. The number of benzene rings is 1. The van der Waals surface area contributed by atoms with E-state index in [9.17, 15) is 26.4 Å². The molecule has 2 heterocycles. The first-order valence-corrected chi connectivity index (χ1v) is 9.98. The highest BCUT2D eigenvalue weighted by Crippen LogP contribution is 2.33. The zero-order valence-electron chi connectivity index (χ0n) is 15.4. The number of piperazine rings is 1. The summed E-state index contributed by atoms with van der Waals surface area (Å²) in [5.41, 5.74) is 0.157. The van der Waals surface area contributed by atoms with Gasteiger partial charge in [-0.3, -0.25) is 9.89 Å². The lowest BCUT2D eigenvalue weighted by Crippen LogP contribution is -2.59. The van der Waals surface area contributed by atoms with Crippen LogP contribution in [0, 0.1) is 0 Å². The number of carbonyl (C=O) groups excluding carboxylic acids is 1. The van der Waals surface area contributed by atoms with Gasteiger partial charge in [-0.2, -0.15) is 4.31 Å². The summed E-state index contributed by atoms with van der Waals surface area (Å²) in [5.74, 6) is -1.20. The minimum atomic E-state index is -5.03. The zero-order chi connectivity index (χ0) is 21.4. The van der Waals surface area contributed by atoms with Crippen LogP contribution in [0.2, 0.25) is 0 Å². The summed E-state index contributed by atoms with van der Waals surface area (Å²) < 4.78 is 69.2. The molecule has 158 valence electrons. The van der Waals surface area contributed by atoms with Gasteiger partial charge in [0.1, 0.15) is 16.3 Å². The van der Waals surface area contributed by atoms with Crippen LogP contribution < -0.4 is 4.74 Å². The minimum Gasteiger partial charge on any atom is -0.404 e.